The van der Waals surface area contributed by atoms with E-state index in [0.29, 0.717) is 0 Å². The van der Waals surface area contributed by atoms with E-state index in [4.69, 9.17) is 12.2 Å². The Bertz CT molecular complexity index is 339. The number of thiocarbonyl (C=S) groups is 1. The van der Waals surface area contributed by atoms with Gasteiger partial charge in [-0.25, -0.2) is 0 Å². The van der Waals surface area contributed by atoms with Gasteiger partial charge in [0.1, 0.15) is 0 Å². The number of hydrogen-bond donors (Lipinski definition) is 0. The number of hydrogen-bond acceptors (Lipinski definition) is 2. The van der Waals surface area contributed by atoms with Gasteiger partial charge in [-0.2, -0.15) is 0 Å². The summed E-state index contributed by atoms with van der Waals surface area (Å²) < 4.78 is 0. The number of benzene rings is 1. The summed E-state index contributed by atoms with van der Waals surface area (Å²) in [5, 5.41) is 0. The van der Waals surface area contributed by atoms with Crippen LogP contribution in [0.1, 0.15) is 12.5 Å². The molecule has 2 heteroatoms. The van der Waals surface area contributed by atoms with E-state index in [1.165, 1.54) is 5.70 Å². The van der Waals surface area contributed by atoms with Crippen LogP contribution < -0.4 is 0 Å². The minimum atomic E-state index is 0.886. The Morgan fingerprint density at radius 1 is 1.21 bits per heavy atom. The molecule has 0 aliphatic heterocycles. The van der Waals surface area contributed by atoms with Crippen LogP contribution in [0, 0.1) is 0 Å². The summed E-state index contributed by atoms with van der Waals surface area (Å²) in [6.07, 6.45) is 2.02. The lowest BCUT2D eigenvalue weighted by Crippen LogP contribution is -2.09. The van der Waals surface area contributed by atoms with E-state index in [2.05, 4.69) is 11.8 Å². The maximum absolute atomic E-state index is 5.31. The van der Waals surface area contributed by atoms with Crippen LogP contribution in [0.2, 0.25) is 0 Å². The molecule has 1 aromatic carbocycles. The summed E-state index contributed by atoms with van der Waals surface area (Å²) in [7, 11) is 4.03. The van der Waals surface area contributed by atoms with Gasteiger partial charge in [0.05, 0.1) is 0 Å². The lowest BCUT2D eigenvalue weighted by molar-refractivity contribution is 0.515. The zero-order chi connectivity index (χ0) is 10.6. The van der Waals surface area contributed by atoms with E-state index < -0.39 is 0 Å². The first-order valence-corrected chi connectivity index (χ1v) is 4.97. The second-order valence-corrected chi connectivity index (χ2v) is 3.85. The minimum Gasteiger partial charge on any atom is -0.381 e. The highest BCUT2D eigenvalue weighted by Gasteiger charge is 1.98. The van der Waals surface area contributed by atoms with Gasteiger partial charge in [-0.3, -0.25) is 0 Å². The summed E-state index contributed by atoms with van der Waals surface area (Å²) in [4.78, 5) is 2.94. The molecule has 0 spiro atoms. The van der Waals surface area contributed by atoms with Crippen molar-refractivity contribution in [2.45, 2.75) is 6.92 Å². The monoisotopic (exact) mass is 205 g/mol. The summed E-state index contributed by atoms with van der Waals surface area (Å²) in [5.74, 6) is 0. The highest BCUT2D eigenvalue weighted by Crippen LogP contribution is 2.05. The van der Waals surface area contributed by atoms with Crippen LogP contribution in [0.5, 0.6) is 0 Å². The molecule has 0 radical (unpaired) electrons. The maximum atomic E-state index is 5.31. The molecular weight excluding hydrogens is 190 g/mol. The van der Waals surface area contributed by atoms with E-state index in [0.717, 1.165) is 10.4 Å². The SMILES string of the molecule is C/C(=C/C(=S)c1ccccc1)N(C)C. The fourth-order valence-corrected chi connectivity index (χ4v) is 1.31. The van der Waals surface area contributed by atoms with Crippen molar-refractivity contribution >= 4 is 17.1 Å². The molecule has 0 aromatic heterocycles. The molecule has 1 rings (SSSR count). The minimum absolute atomic E-state index is 0.886. The van der Waals surface area contributed by atoms with Gasteiger partial charge in [-0.1, -0.05) is 42.5 Å². The molecule has 1 nitrogen and oxygen atoms in total. The van der Waals surface area contributed by atoms with Crippen LogP contribution in [0.3, 0.4) is 0 Å². The quantitative estimate of drug-likeness (QED) is 0.424. The smallest absolute Gasteiger partial charge is 0.0466 e. The van der Waals surface area contributed by atoms with Gasteiger partial charge in [0.25, 0.3) is 0 Å². The molecule has 0 saturated heterocycles. The molecule has 0 fully saturated rings. The zero-order valence-electron chi connectivity index (χ0n) is 8.82. The van der Waals surface area contributed by atoms with E-state index in [9.17, 15) is 0 Å². The Kier molecular flexibility index (Phi) is 3.84. The second-order valence-electron chi connectivity index (χ2n) is 3.41. The average molecular weight is 205 g/mol. The molecule has 1 aromatic rings. The third kappa shape index (κ3) is 2.96. The third-order valence-corrected chi connectivity index (χ3v) is 2.46. The predicted octanol–water partition coefficient (Wildman–Crippen LogP) is 2.87. The normalized spacial score (nSPS) is 11.2. The molecule has 74 valence electrons. The highest BCUT2D eigenvalue weighted by molar-refractivity contribution is 7.81. The van der Waals surface area contributed by atoms with E-state index in [1.807, 2.05) is 50.5 Å². The van der Waals surface area contributed by atoms with Gasteiger partial charge in [0.15, 0.2) is 0 Å². The molecule has 0 N–H and O–H groups in total. The Balaban J connectivity index is 2.83. The van der Waals surface area contributed by atoms with Crippen LogP contribution in [0.15, 0.2) is 42.1 Å². The standard InChI is InChI=1S/C12H15NS/c1-10(13(2)3)9-12(14)11-7-5-4-6-8-11/h4-9H,1-3H3/b10-9-. The second kappa shape index (κ2) is 4.91. The Hall–Kier alpha value is -1.15. The van der Waals surface area contributed by atoms with Gasteiger partial charge < -0.3 is 4.90 Å². The van der Waals surface area contributed by atoms with Crippen LogP contribution in [0.4, 0.5) is 0 Å². The first-order chi connectivity index (χ1) is 6.61. The fourth-order valence-electron chi connectivity index (χ4n) is 1.00. The molecule has 0 bridgehead atoms. The summed E-state index contributed by atoms with van der Waals surface area (Å²) in [6, 6.07) is 10.1. The summed E-state index contributed by atoms with van der Waals surface area (Å²) in [5.41, 5.74) is 2.27. The number of rotatable bonds is 3. The van der Waals surface area contributed by atoms with E-state index in [1.54, 1.807) is 0 Å². The molecule has 0 atom stereocenters. The van der Waals surface area contributed by atoms with Crippen molar-refractivity contribution in [3.8, 4) is 0 Å². The first-order valence-electron chi connectivity index (χ1n) is 4.56. The van der Waals surface area contributed by atoms with Gasteiger partial charge >= 0.3 is 0 Å². The molecule has 0 amide bonds. The maximum Gasteiger partial charge on any atom is 0.0466 e. The average Bonchev–Trinajstić information content (AvgIpc) is 2.19. The van der Waals surface area contributed by atoms with Crippen molar-refractivity contribution < 1.29 is 0 Å². The lowest BCUT2D eigenvalue weighted by atomic mass is 10.1. The first kappa shape index (κ1) is 10.9. The van der Waals surface area contributed by atoms with Crippen LogP contribution in [0.25, 0.3) is 0 Å². The van der Waals surface area contributed by atoms with Gasteiger partial charge in [-0.15, -0.1) is 0 Å². The van der Waals surface area contributed by atoms with Crippen molar-refractivity contribution in [1.29, 1.82) is 0 Å². The van der Waals surface area contributed by atoms with Gasteiger partial charge in [-0.05, 0) is 18.6 Å². The van der Waals surface area contributed by atoms with Crippen LogP contribution in [-0.4, -0.2) is 23.9 Å². The van der Waals surface area contributed by atoms with Crippen molar-refractivity contribution in [3.05, 3.63) is 47.7 Å². The largest absolute Gasteiger partial charge is 0.381 e. The lowest BCUT2D eigenvalue weighted by Gasteiger charge is -2.12. The van der Waals surface area contributed by atoms with E-state index in [-0.39, 0.29) is 0 Å². The van der Waals surface area contributed by atoms with Crippen LogP contribution in [-0.2, 0) is 0 Å². The molecule has 14 heavy (non-hydrogen) atoms. The predicted molar refractivity (Wildman–Crippen MR) is 65.6 cm³/mol. The molecule has 0 unspecified atom stereocenters. The Morgan fingerprint density at radius 2 is 1.79 bits per heavy atom. The van der Waals surface area contributed by atoms with Crippen molar-refractivity contribution in [1.82, 2.24) is 4.90 Å². The van der Waals surface area contributed by atoms with Gasteiger partial charge in [0.2, 0.25) is 0 Å². The topological polar surface area (TPSA) is 3.24 Å². The van der Waals surface area contributed by atoms with E-state index >= 15 is 0 Å². The molecule has 0 aliphatic rings. The van der Waals surface area contributed by atoms with Gasteiger partial charge in [0, 0.05) is 24.7 Å². The van der Waals surface area contributed by atoms with Crippen molar-refractivity contribution in [2.75, 3.05) is 14.1 Å². The Labute approximate surface area is 91.1 Å². The Morgan fingerprint density at radius 3 is 2.29 bits per heavy atom. The fraction of sp³-hybridized carbons (Fsp3) is 0.250. The van der Waals surface area contributed by atoms with Crippen molar-refractivity contribution in [3.63, 3.8) is 0 Å². The molecular formula is C12H15NS. The summed E-state index contributed by atoms with van der Waals surface area (Å²) >= 11 is 5.31. The third-order valence-electron chi connectivity index (χ3n) is 2.10. The highest BCUT2D eigenvalue weighted by atomic mass is 32.1. The molecule has 0 heterocycles. The number of allylic oxidation sites excluding steroid dienone is 2. The molecule has 0 saturated carbocycles. The number of nitrogens with zero attached hydrogens (tertiary/aromatic N) is 1. The van der Waals surface area contributed by atoms with Crippen molar-refractivity contribution in [2.24, 2.45) is 0 Å². The molecule has 0 aliphatic carbocycles. The zero-order valence-corrected chi connectivity index (χ0v) is 9.64. The summed E-state index contributed by atoms with van der Waals surface area (Å²) in [6.45, 7) is 2.05. The van der Waals surface area contributed by atoms with Crippen LogP contribution >= 0.6 is 12.2 Å².